The molecule has 29 heavy (non-hydrogen) atoms. The lowest BCUT2D eigenvalue weighted by Gasteiger charge is -2.24. The Bertz CT molecular complexity index is 998. The molecule has 9 nitrogen and oxygen atoms in total. The zero-order chi connectivity index (χ0) is 20.6. The fourth-order valence-corrected chi connectivity index (χ4v) is 3.61. The molecule has 0 saturated carbocycles. The maximum absolute atomic E-state index is 12.9. The molecule has 2 aromatic rings. The summed E-state index contributed by atoms with van der Waals surface area (Å²) in [5, 5.41) is 0. The Kier molecular flexibility index (Phi) is 5.22. The quantitative estimate of drug-likeness (QED) is 0.659. The second-order valence-electron chi connectivity index (χ2n) is 7.43. The lowest BCUT2D eigenvalue weighted by Crippen LogP contribution is -2.43. The van der Waals surface area contributed by atoms with Crippen molar-refractivity contribution < 1.29 is 23.7 Å². The average Bonchev–Trinajstić information content (AvgIpc) is 3.18. The lowest BCUT2D eigenvalue weighted by atomic mass is 10.1. The monoisotopic (exact) mass is 402 g/mol. The molecular formula is C20H22N2O7. The number of ether oxygens (including phenoxy) is 4. The summed E-state index contributed by atoms with van der Waals surface area (Å²) in [6.45, 7) is 3.50. The van der Waals surface area contributed by atoms with Gasteiger partial charge in [-0.05, 0) is 19.4 Å². The van der Waals surface area contributed by atoms with E-state index in [9.17, 15) is 14.4 Å². The summed E-state index contributed by atoms with van der Waals surface area (Å²) in [6.07, 6.45) is -1.09. The van der Waals surface area contributed by atoms with Gasteiger partial charge in [0.1, 0.15) is 25.0 Å². The summed E-state index contributed by atoms with van der Waals surface area (Å²) in [6, 6.07) is 10.7. The smallest absolute Gasteiger partial charge is 0.335 e. The highest BCUT2D eigenvalue weighted by Gasteiger charge is 2.56. The average molecular weight is 402 g/mol. The lowest BCUT2D eigenvalue weighted by molar-refractivity contribution is -0.195. The van der Waals surface area contributed by atoms with Crippen molar-refractivity contribution in [3.8, 4) is 0 Å². The molecule has 0 N–H and O–H groups in total. The van der Waals surface area contributed by atoms with Crippen LogP contribution in [-0.2, 0) is 37.1 Å². The normalized spacial score (nSPS) is 27.7. The van der Waals surface area contributed by atoms with Crippen LogP contribution in [0.2, 0.25) is 0 Å². The van der Waals surface area contributed by atoms with Crippen molar-refractivity contribution in [3.05, 3.63) is 69.0 Å². The summed E-state index contributed by atoms with van der Waals surface area (Å²) >= 11 is 0. The van der Waals surface area contributed by atoms with Gasteiger partial charge >= 0.3 is 5.69 Å². The van der Waals surface area contributed by atoms with Crippen molar-refractivity contribution in [1.29, 1.82) is 0 Å². The van der Waals surface area contributed by atoms with Crippen LogP contribution in [0.25, 0.3) is 0 Å². The fourth-order valence-electron chi connectivity index (χ4n) is 3.61. The molecule has 0 radical (unpaired) electrons. The Morgan fingerprint density at radius 3 is 2.55 bits per heavy atom. The van der Waals surface area contributed by atoms with E-state index in [1.165, 1.54) is 16.8 Å². The van der Waals surface area contributed by atoms with E-state index in [0.717, 1.165) is 10.1 Å². The molecule has 1 aromatic heterocycles. The van der Waals surface area contributed by atoms with Gasteiger partial charge in [0, 0.05) is 12.3 Å². The molecule has 4 rings (SSSR count). The number of fused-ring (bicyclic) bond motifs is 1. The van der Waals surface area contributed by atoms with E-state index in [1.807, 2.05) is 30.3 Å². The van der Waals surface area contributed by atoms with Gasteiger partial charge in [0.25, 0.3) is 5.56 Å². The van der Waals surface area contributed by atoms with Crippen molar-refractivity contribution >= 4 is 6.29 Å². The van der Waals surface area contributed by atoms with E-state index in [4.69, 9.17) is 18.9 Å². The van der Waals surface area contributed by atoms with Gasteiger partial charge in [0.2, 0.25) is 0 Å². The highest BCUT2D eigenvalue weighted by molar-refractivity contribution is 5.58. The molecule has 9 heteroatoms. The van der Waals surface area contributed by atoms with Crippen LogP contribution in [0, 0.1) is 0 Å². The van der Waals surface area contributed by atoms with E-state index < -0.39 is 41.6 Å². The van der Waals surface area contributed by atoms with E-state index in [1.54, 1.807) is 13.8 Å². The molecule has 0 spiro atoms. The Morgan fingerprint density at radius 2 is 1.83 bits per heavy atom. The van der Waals surface area contributed by atoms with Crippen LogP contribution in [0.5, 0.6) is 0 Å². The van der Waals surface area contributed by atoms with Crippen LogP contribution in [0.15, 0.2) is 52.2 Å². The minimum absolute atomic E-state index is 0.214. The summed E-state index contributed by atoms with van der Waals surface area (Å²) in [4.78, 5) is 36.6. The van der Waals surface area contributed by atoms with Crippen molar-refractivity contribution in [2.24, 2.45) is 0 Å². The number of hydrogen-bond donors (Lipinski definition) is 0. The molecule has 3 heterocycles. The Labute approximate surface area is 166 Å². The zero-order valence-electron chi connectivity index (χ0n) is 16.1. The molecular weight excluding hydrogens is 380 g/mol. The predicted molar refractivity (Wildman–Crippen MR) is 100.0 cm³/mol. The highest BCUT2D eigenvalue weighted by atomic mass is 16.8. The number of rotatable bonds is 6. The van der Waals surface area contributed by atoms with Crippen molar-refractivity contribution in [2.75, 3.05) is 0 Å². The number of carbonyl (C=O) groups is 1. The summed E-state index contributed by atoms with van der Waals surface area (Å²) in [7, 11) is 0. The van der Waals surface area contributed by atoms with Crippen LogP contribution >= 0.6 is 0 Å². The standard InChI is InChI=1S/C20H22N2O7/c1-20(2)28-16-14(10-23)27-18(17(16)29-20)21-9-8-15(24)22(19(21)25)12-26-11-13-6-4-3-5-7-13/h3-10,14,16-18H,11-12H2,1-2H3/t14-,16-,17-,18-/m1/s1. The van der Waals surface area contributed by atoms with Gasteiger partial charge in [-0.25, -0.2) is 9.36 Å². The molecule has 0 unspecified atom stereocenters. The van der Waals surface area contributed by atoms with Crippen molar-refractivity contribution in [2.45, 2.75) is 57.5 Å². The summed E-state index contributed by atoms with van der Waals surface area (Å²) < 4.78 is 25.0. The van der Waals surface area contributed by atoms with Gasteiger partial charge in [-0.3, -0.25) is 9.36 Å². The summed E-state index contributed by atoms with van der Waals surface area (Å²) in [5.74, 6) is -0.907. The van der Waals surface area contributed by atoms with Gasteiger partial charge in [0.15, 0.2) is 18.3 Å². The van der Waals surface area contributed by atoms with E-state index in [0.29, 0.717) is 6.29 Å². The molecule has 2 aliphatic rings. The number of aromatic nitrogens is 2. The zero-order valence-corrected chi connectivity index (χ0v) is 16.1. The van der Waals surface area contributed by atoms with Gasteiger partial charge < -0.3 is 23.7 Å². The number of hydrogen-bond acceptors (Lipinski definition) is 7. The second kappa shape index (κ2) is 7.68. The first-order valence-electron chi connectivity index (χ1n) is 9.30. The number of carbonyl (C=O) groups excluding carboxylic acids is 1. The third-order valence-corrected chi connectivity index (χ3v) is 4.90. The Balaban J connectivity index is 1.57. The van der Waals surface area contributed by atoms with Crippen LogP contribution in [0.1, 0.15) is 25.6 Å². The van der Waals surface area contributed by atoms with Crippen LogP contribution < -0.4 is 11.2 Å². The molecule has 0 aliphatic carbocycles. The van der Waals surface area contributed by atoms with E-state index in [-0.39, 0.29) is 13.3 Å². The van der Waals surface area contributed by atoms with Crippen molar-refractivity contribution in [3.63, 3.8) is 0 Å². The van der Waals surface area contributed by atoms with Crippen LogP contribution in [0.3, 0.4) is 0 Å². The predicted octanol–water partition coefficient (Wildman–Crippen LogP) is 0.801. The van der Waals surface area contributed by atoms with Gasteiger partial charge in [-0.15, -0.1) is 0 Å². The molecule has 1 aromatic carbocycles. The molecule has 4 atom stereocenters. The topological polar surface area (TPSA) is 98.0 Å². The number of benzene rings is 1. The highest BCUT2D eigenvalue weighted by Crippen LogP contribution is 2.41. The first kappa shape index (κ1) is 19.7. The molecule has 2 fully saturated rings. The summed E-state index contributed by atoms with van der Waals surface area (Å²) in [5.41, 5.74) is -0.190. The van der Waals surface area contributed by atoms with E-state index >= 15 is 0 Å². The Morgan fingerprint density at radius 1 is 1.10 bits per heavy atom. The minimum Gasteiger partial charge on any atom is -0.356 e. The molecule has 2 saturated heterocycles. The third-order valence-electron chi connectivity index (χ3n) is 4.90. The first-order chi connectivity index (χ1) is 13.9. The Hall–Kier alpha value is -2.59. The van der Waals surface area contributed by atoms with Gasteiger partial charge in [-0.2, -0.15) is 0 Å². The van der Waals surface area contributed by atoms with E-state index in [2.05, 4.69) is 0 Å². The second-order valence-corrected chi connectivity index (χ2v) is 7.43. The maximum atomic E-state index is 12.9. The van der Waals surface area contributed by atoms with Crippen LogP contribution in [0.4, 0.5) is 0 Å². The SMILES string of the molecule is CC1(C)O[C@@H]2[C@H](O1)[C@@H](C=O)O[C@H]2n1ccc(=O)n(COCc2ccccc2)c1=O. The molecule has 0 amide bonds. The maximum Gasteiger partial charge on any atom is 0.335 e. The van der Waals surface area contributed by atoms with Crippen LogP contribution in [-0.4, -0.2) is 39.5 Å². The van der Waals surface area contributed by atoms with Gasteiger partial charge in [0.05, 0.1) is 6.61 Å². The van der Waals surface area contributed by atoms with Gasteiger partial charge in [-0.1, -0.05) is 30.3 Å². The minimum atomic E-state index is -0.907. The molecule has 2 aliphatic heterocycles. The number of nitrogens with zero attached hydrogens (tertiary/aromatic N) is 2. The molecule has 154 valence electrons. The third kappa shape index (κ3) is 3.82. The first-order valence-corrected chi connectivity index (χ1v) is 9.30. The largest absolute Gasteiger partial charge is 0.356 e. The number of aldehydes is 1. The fraction of sp³-hybridized carbons (Fsp3) is 0.450. The van der Waals surface area contributed by atoms with Crippen molar-refractivity contribution in [1.82, 2.24) is 9.13 Å². The molecule has 0 bridgehead atoms.